The molecule has 0 saturated heterocycles. The molecule has 0 aliphatic rings. The molecule has 286 valence electrons. The third kappa shape index (κ3) is 10.7. The van der Waals surface area contributed by atoms with Crippen molar-refractivity contribution in [1.29, 1.82) is 0 Å². The summed E-state index contributed by atoms with van der Waals surface area (Å²) in [5.41, 5.74) is 3.58. The van der Waals surface area contributed by atoms with Crippen LogP contribution in [0.5, 0.6) is 23.0 Å². The highest BCUT2D eigenvalue weighted by atomic mass is 16.6. The number of carbonyl (C=O) groups is 8. The van der Waals surface area contributed by atoms with Crippen LogP contribution in [-0.2, 0) is 28.7 Å². The monoisotopic (exact) mass is 761 g/mol. The number of anilines is 1. The second kappa shape index (κ2) is 18.2. The second-order valence-electron chi connectivity index (χ2n) is 10.9. The Bertz CT molecular complexity index is 2110. The highest BCUT2D eigenvalue weighted by Gasteiger charge is 2.41. The number of rotatable bonds is 14. The number of furan rings is 1. The van der Waals surface area contributed by atoms with E-state index < -0.39 is 59.8 Å². The molecule has 0 aliphatic heterocycles. The number of hydrazine groups is 1. The fourth-order valence-electron chi connectivity index (χ4n) is 4.50. The molecule has 4 rings (SSSR count). The van der Waals surface area contributed by atoms with Gasteiger partial charge in [0.1, 0.15) is 0 Å². The third-order valence-corrected chi connectivity index (χ3v) is 7.00. The number of nitrogens with one attached hydrogen (secondary N) is 3. The molecule has 0 fully saturated rings. The van der Waals surface area contributed by atoms with E-state index in [-0.39, 0.29) is 51.1 Å². The smallest absolute Gasteiger partial charge is 0.349 e. The molecule has 3 aromatic carbocycles. The standard InChI is InChI=1S/C36H31N3O16/c1-18(40)52-24-13-9-21(16-27(24)49-3)35(47)54-29(30(34(45)46)55-36(48)22-10-14-25(53-19(2)41)28(17-22)50-4)33(44)39-38-31(42)20-7-11-23(12-8-20)37-32(43)26-6-5-15-51-26/h5-17,29-30H,1-4H3,(H,37,43)(H,38,42)(H,39,44)(H,45,46)/t29-,30+/m0/s1. The van der Waals surface area contributed by atoms with Gasteiger partial charge in [0.15, 0.2) is 28.8 Å². The lowest BCUT2D eigenvalue weighted by Crippen LogP contribution is -2.54. The maximum Gasteiger partial charge on any atom is 0.349 e. The number of carbonyl (C=O) groups excluding carboxylic acids is 7. The molecule has 3 amide bonds. The number of ether oxygens (including phenoxy) is 6. The molecule has 19 nitrogen and oxygen atoms in total. The molecule has 0 radical (unpaired) electrons. The van der Waals surface area contributed by atoms with Crippen molar-refractivity contribution >= 4 is 53.3 Å². The molecule has 0 spiro atoms. The number of esters is 4. The summed E-state index contributed by atoms with van der Waals surface area (Å²) in [6.45, 7) is 2.25. The van der Waals surface area contributed by atoms with E-state index in [1.807, 2.05) is 10.9 Å². The molecule has 4 aromatic rings. The Morgan fingerprint density at radius 2 is 1.13 bits per heavy atom. The van der Waals surface area contributed by atoms with E-state index in [4.69, 9.17) is 32.8 Å². The van der Waals surface area contributed by atoms with Crippen LogP contribution < -0.4 is 35.1 Å². The molecule has 2 atom stereocenters. The molecule has 1 aromatic heterocycles. The van der Waals surface area contributed by atoms with E-state index in [0.29, 0.717) is 0 Å². The second-order valence-corrected chi connectivity index (χ2v) is 10.9. The minimum absolute atomic E-state index is 0.0418. The van der Waals surface area contributed by atoms with Gasteiger partial charge in [-0.3, -0.25) is 34.8 Å². The van der Waals surface area contributed by atoms with Crippen LogP contribution in [-0.4, -0.2) is 79.1 Å². The Hall–Kier alpha value is -7.70. The van der Waals surface area contributed by atoms with Gasteiger partial charge in [0, 0.05) is 25.1 Å². The summed E-state index contributed by atoms with van der Waals surface area (Å²) >= 11 is 0. The van der Waals surface area contributed by atoms with Crippen LogP contribution in [0.25, 0.3) is 0 Å². The summed E-state index contributed by atoms with van der Waals surface area (Å²) in [6.07, 6.45) is -3.68. The van der Waals surface area contributed by atoms with Crippen LogP contribution in [0.1, 0.15) is 55.5 Å². The topological polar surface area (TPSA) is 261 Å². The predicted octanol–water partition coefficient (Wildman–Crippen LogP) is 2.70. The highest BCUT2D eigenvalue weighted by Crippen LogP contribution is 2.30. The van der Waals surface area contributed by atoms with Crippen molar-refractivity contribution in [2.24, 2.45) is 0 Å². The first-order valence-corrected chi connectivity index (χ1v) is 15.6. The first-order chi connectivity index (χ1) is 26.2. The van der Waals surface area contributed by atoms with Gasteiger partial charge in [0.05, 0.1) is 31.6 Å². The van der Waals surface area contributed by atoms with E-state index in [9.17, 15) is 43.5 Å². The highest BCUT2D eigenvalue weighted by molar-refractivity contribution is 6.03. The van der Waals surface area contributed by atoms with E-state index >= 15 is 0 Å². The largest absolute Gasteiger partial charge is 0.493 e. The molecule has 0 bridgehead atoms. The van der Waals surface area contributed by atoms with Gasteiger partial charge in [-0.2, -0.15) is 0 Å². The number of hydrogen-bond donors (Lipinski definition) is 4. The molecule has 4 N–H and O–H groups in total. The van der Waals surface area contributed by atoms with Gasteiger partial charge in [0.25, 0.3) is 17.7 Å². The average Bonchev–Trinajstić information content (AvgIpc) is 3.70. The van der Waals surface area contributed by atoms with Crippen molar-refractivity contribution in [3.05, 3.63) is 102 Å². The van der Waals surface area contributed by atoms with E-state index in [1.165, 1.54) is 69.0 Å². The van der Waals surface area contributed by atoms with Gasteiger partial charge in [-0.1, -0.05) is 0 Å². The van der Waals surface area contributed by atoms with Crippen molar-refractivity contribution in [2.75, 3.05) is 19.5 Å². The van der Waals surface area contributed by atoms with Crippen LogP contribution in [0.4, 0.5) is 5.69 Å². The first kappa shape index (κ1) is 40.1. The van der Waals surface area contributed by atoms with Crippen molar-refractivity contribution < 1.29 is 76.3 Å². The average molecular weight is 762 g/mol. The quantitative estimate of drug-likeness (QED) is 0.0818. The minimum Gasteiger partial charge on any atom is -0.493 e. The van der Waals surface area contributed by atoms with Crippen molar-refractivity contribution in [1.82, 2.24) is 10.9 Å². The normalized spacial score (nSPS) is 11.4. The maximum absolute atomic E-state index is 13.5. The van der Waals surface area contributed by atoms with E-state index in [1.54, 1.807) is 0 Å². The van der Waals surface area contributed by atoms with Gasteiger partial charge in [-0.25, -0.2) is 14.4 Å². The Kier molecular flexibility index (Phi) is 13.2. The van der Waals surface area contributed by atoms with Gasteiger partial charge in [0.2, 0.25) is 12.2 Å². The van der Waals surface area contributed by atoms with Gasteiger partial charge < -0.3 is 43.3 Å². The molecule has 0 saturated carbocycles. The Balaban J connectivity index is 1.57. The van der Waals surface area contributed by atoms with Crippen molar-refractivity contribution in [2.45, 2.75) is 26.1 Å². The number of amides is 3. The molecular formula is C36H31N3O16. The summed E-state index contributed by atoms with van der Waals surface area (Å²) < 4.78 is 35.7. The summed E-state index contributed by atoms with van der Waals surface area (Å²) in [4.78, 5) is 100. The lowest BCUT2D eigenvalue weighted by Gasteiger charge is -2.24. The van der Waals surface area contributed by atoms with E-state index in [0.717, 1.165) is 38.1 Å². The summed E-state index contributed by atoms with van der Waals surface area (Å²) in [5, 5.41) is 12.7. The number of carboxylic acids is 1. The molecule has 19 heteroatoms. The first-order valence-electron chi connectivity index (χ1n) is 15.6. The maximum atomic E-state index is 13.5. The molecule has 0 unspecified atom stereocenters. The lowest BCUT2D eigenvalue weighted by molar-refractivity contribution is -0.159. The summed E-state index contributed by atoms with van der Waals surface area (Å²) in [6, 6.07) is 15.0. The molecular weight excluding hydrogens is 730 g/mol. The Labute approximate surface area is 310 Å². The fourth-order valence-corrected chi connectivity index (χ4v) is 4.50. The van der Waals surface area contributed by atoms with E-state index in [2.05, 4.69) is 5.32 Å². The van der Waals surface area contributed by atoms with Crippen molar-refractivity contribution in [3.63, 3.8) is 0 Å². The third-order valence-electron chi connectivity index (χ3n) is 7.00. The van der Waals surface area contributed by atoms with Crippen LogP contribution >= 0.6 is 0 Å². The van der Waals surface area contributed by atoms with Gasteiger partial charge in [-0.05, 0) is 72.8 Å². The summed E-state index contributed by atoms with van der Waals surface area (Å²) in [5.74, 6) is -9.32. The van der Waals surface area contributed by atoms with Crippen LogP contribution in [0.3, 0.4) is 0 Å². The van der Waals surface area contributed by atoms with Crippen molar-refractivity contribution in [3.8, 4) is 23.0 Å². The zero-order valence-electron chi connectivity index (χ0n) is 29.2. The number of carboxylic acid groups (broad SMARTS) is 1. The fraction of sp³-hybridized carbons (Fsp3) is 0.167. The molecule has 0 aliphatic carbocycles. The zero-order chi connectivity index (χ0) is 40.2. The minimum atomic E-state index is -2.54. The number of aliphatic carboxylic acids is 1. The Morgan fingerprint density at radius 3 is 1.58 bits per heavy atom. The molecule has 1 heterocycles. The number of benzene rings is 3. The SMILES string of the molecule is COc1cc(C(=O)O[C@H](C(=O)NNC(=O)c2ccc(NC(=O)c3ccco3)cc2)[C@@H](OC(=O)c2ccc(OC(C)=O)c(OC)c2)C(=O)O)ccc1OC(C)=O. The van der Waals surface area contributed by atoms with Gasteiger partial charge in [-0.15, -0.1) is 0 Å². The Morgan fingerprint density at radius 1 is 0.618 bits per heavy atom. The zero-order valence-corrected chi connectivity index (χ0v) is 29.2. The van der Waals surface area contributed by atoms with Crippen LogP contribution in [0, 0.1) is 0 Å². The lowest BCUT2D eigenvalue weighted by atomic mass is 10.1. The van der Waals surface area contributed by atoms with Crippen LogP contribution in [0.15, 0.2) is 83.5 Å². The van der Waals surface area contributed by atoms with Gasteiger partial charge >= 0.3 is 29.8 Å². The number of methoxy groups -OCH3 is 2. The van der Waals surface area contributed by atoms with Crippen LogP contribution in [0.2, 0.25) is 0 Å². The molecule has 55 heavy (non-hydrogen) atoms. The summed E-state index contributed by atoms with van der Waals surface area (Å²) in [7, 11) is 2.41. The predicted molar refractivity (Wildman–Crippen MR) is 183 cm³/mol. The number of hydrogen-bond acceptors (Lipinski definition) is 15.